The van der Waals surface area contributed by atoms with Crippen LogP contribution in [0.15, 0.2) is 66.7 Å². The highest BCUT2D eigenvalue weighted by atomic mass is 19.1. The van der Waals surface area contributed by atoms with Crippen molar-refractivity contribution in [2.45, 2.75) is 18.2 Å². The number of amides is 2. The summed E-state index contributed by atoms with van der Waals surface area (Å²) in [4.78, 5) is 26.3. The van der Waals surface area contributed by atoms with Gasteiger partial charge in [0.25, 0.3) is 0 Å². The Morgan fingerprint density at radius 2 is 1.68 bits per heavy atom. The van der Waals surface area contributed by atoms with Gasteiger partial charge in [0, 0.05) is 12.7 Å². The molecule has 2 aromatic carbocycles. The molecule has 4 unspecified atom stereocenters. The molecular weight excluding hydrogens is 361 g/mol. The maximum absolute atomic E-state index is 13.3. The number of carbonyl (C=O) groups is 2. The second-order valence-corrected chi connectivity index (χ2v) is 6.96. The minimum absolute atomic E-state index is 0.277. The van der Waals surface area contributed by atoms with Crippen LogP contribution in [0.1, 0.15) is 11.7 Å². The van der Waals surface area contributed by atoms with Crippen LogP contribution in [-0.2, 0) is 9.59 Å². The monoisotopic (exact) mass is 381 g/mol. The second kappa shape index (κ2) is 7.18. The Bertz CT molecular complexity index is 916. The number of carbonyl (C=O) groups excluding carboxylic acids is 2. The zero-order valence-corrected chi connectivity index (χ0v) is 15.2. The van der Waals surface area contributed by atoms with E-state index in [-0.39, 0.29) is 11.8 Å². The van der Waals surface area contributed by atoms with Crippen LogP contribution in [0.3, 0.4) is 0 Å². The number of likely N-dealkylation sites (tertiary alicyclic amines) is 1. The first-order chi connectivity index (χ1) is 13.5. The number of halogens is 1. The van der Waals surface area contributed by atoms with Crippen LogP contribution < -0.4 is 5.43 Å². The first-order valence-corrected chi connectivity index (χ1v) is 9.00. The maximum atomic E-state index is 13.3. The third-order valence-electron chi connectivity index (χ3n) is 5.24. The summed E-state index contributed by atoms with van der Waals surface area (Å²) in [5.41, 5.74) is 4.42. The van der Waals surface area contributed by atoms with E-state index in [4.69, 9.17) is 0 Å². The fourth-order valence-electron chi connectivity index (χ4n) is 3.73. The summed E-state index contributed by atoms with van der Waals surface area (Å²) in [6.45, 7) is 0. The van der Waals surface area contributed by atoms with Crippen molar-refractivity contribution in [1.82, 2.24) is 9.91 Å². The molecular formula is C21H20FN3O3. The van der Waals surface area contributed by atoms with Gasteiger partial charge in [0.1, 0.15) is 11.9 Å². The van der Waals surface area contributed by atoms with Crippen LogP contribution in [-0.4, -0.2) is 46.0 Å². The Kier molecular flexibility index (Phi) is 4.70. The Labute approximate surface area is 161 Å². The molecule has 2 aliphatic heterocycles. The molecule has 2 N–H and O–H groups in total. The van der Waals surface area contributed by atoms with Crippen LogP contribution in [0.5, 0.6) is 0 Å². The highest BCUT2D eigenvalue weighted by Crippen LogP contribution is 2.35. The number of hydrogen-bond donors (Lipinski definition) is 2. The van der Waals surface area contributed by atoms with E-state index in [9.17, 15) is 19.1 Å². The van der Waals surface area contributed by atoms with E-state index in [0.29, 0.717) is 5.56 Å². The van der Waals surface area contributed by atoms with Gasteiger partial charge in [-0.15, -0.1) is 0 Å². The summed E-state index contributed by atoms with van der Waals surface area (Å²) in [5.74, 6) is -1.63. The summed E-state index contributed by atoms with van der Waals surface area (Å²) >= 11 is 0. The van der Waals surface area contributed by atoms with Crippen LogP contribution in [0.2, 0.25) is 0 Å². The van der Waals surface area contributed by atoms with Gasteiger partial charge in [-0.25, -0.2) is 9.40 Å². The maximum Gasteiger partial charge on any atom is 0.249 e. The summed E-state index contributed by atoms with van der Waals surface area (Å²) in [6.07, 6.45) is 2.37. The van der Waals surface area contributed by atoms with Gasteiger partial charge in [0.2, 0.25) is 11.8 Å². The number of likely N-dealkylation sites (N-methyl/N-ethyl adjacent to an activating group) is 1. The van der Waals surface area contributed by atoms with Crippen molar-refractivity contribution in [2.24, 2.45) is 5.92 Å². The van der Waals surface area contributed by atoms with Gasteiger partial charge in [-0.1, -0.05) is 42.5 Å². The highest BCUT2D eigenvalue weighted by Gasteiger charge is 2.52. The van der Waals surface area contributed by atoms with Crippen molar-refractivity contribution in [2.75, 3.05) is 12.5 Å². The zero-order chi connectivity index (χ0) is 19.8. The number of nitrogens with one attached hydrogen (secondary N) is 1. The van der Waals surface area contributed by atoms with Gasteiger partial charge in [-0.2, -0.15) is 0 Å². The van der Waals surface area contributed by atoms with Gasteiger partial charge < -0.3 is 10.5 Å². The Hall–Kier alpha value is -3.03. The molecule has 0 aromatic heterocycles. The first-order valence-electron chi connectivity index (χ1n) is 9.00. The van der Waals surface area contributed by atoms with Crippen LogP contribution >= 0.6 is 0 Å². The standard InChI is InChI=1S/C21H20FN3O3/c1-24-20(27)16-11-12-17(19(26)13-7-9-14(22)10-8-13)25(18(16)21(24)28)23-15-5-3-2-4-6-15/h2-12,16-19,23,26H,1H3. The quantitative estimate of drug-likeness (QED) is 0.627. The summed E-state index contributed by atoms with van der Waals surface area (Å²) in [7, 11) is 1.46. The minimum atomic E-state index is -1.03. The number of benzene rings is 2. The molecule has 2 aliphatic rings. The SMILES string of the molecule is CN1C(=O)C2C=CC(C(O)c3ccc(F)cc3)N(Nc3ccccc3)C2C1=O. The Balaban J connectivity index is 1.72. The van der Waals surface area contributed by atoms with Crippen LogP contribution in [0, 0.1) is 11.7 Å². The van der Waals surface area contributed by atoms with Crippen molar-refractivity contribution in [3.8, 4) is 0 Å². The average molecular weight is 381 g/mol. The summed E-state index contributed by atoms with van der Waals surface area (Å²) in [5, 5.41) is 12.6. The molecule has 2 aromatic rings. The number of anilines is 1. The predicted octanol–water partition coefficient (Wildman–Crippen LogP) is 2.11. The van der Waals surface area contributed by atoms with Gasteiger partial charge in [-0.3, -0.25) is 14.5 Å². The summed E-state index contributed by atoms with van der Waals surface area (Å²) < 4.78 is 13.3. The lowest BCUT2D eigenvalue weighted by atomic mass is 9.90. The molecule has 1 saturated heterocycles. The van der Waals surface area contributed by atoms with E-state index >= 15 is 0 Å². The van der Waals surface area contributed by atoms with Gasteiger partial charge in [0.15, 0.2) is 0 Å². The molecule has 4 rings (SSSR count). The van der Waals surface area contributed by atoms with E-state index in [2.05, 4.69) is 5.43 Å². The topological polar surface area (TPSA) is 72.9 Å². The Morgan fingerprint density at radius 3 is 2.36 bits per heavy atom. The van der Waals surface area contributed by atoms with Crippen LogP contribution in [0.25, 0.3) is 0 Å². The fraction of sp³-hybridized carbons (Fsp3) is 0.238. The fourth-order valence-corrected chi connectivity index (χ4v) is 3.73. The molecule has 2 heterocycles. The van der Waals surface area contributed by atoms with Crippen molar-refractivity contribution >= 4 is 17.5 Å². The van der Waals surface area contributed by atoms with E-state index in [1.165, 1.54) is 31.3 Å². The van der Waals surface area contributed by atoms with Gasteiger partial charge >= 0.3 is 0 Å². The van der Waals surface area contributed by atoms with Crippen LogP contribution in [0.4, 0.5) is 10.1 Å². The molecule has 4 atom stereocenters. The number of nitrogens with zero attached hydrogens (tertiary/aromatic N) is 2. The molecule has 0 radical (unpaired) electrons. The van der Waals surface area contributed by atoms with Crippen molar-refractivity contribution in [3.63, 3.8) is 0 Å². The lowest BCUT2D eigenvalue weighted by molar-refractivity contribution is -0.138. The zero-order valence-electron chi connectivity index (χ0n) is 15.2. The molecule has 1 fully saturated rings. The van der Waals surface area contributed by atoms with Crippen molar-refractivity contribution < 1.29 is 19.1 Å². The Morgan fingerprint density at radius 1 is 1.00 bits per heavy atom. The van der Waals surface area contributed by atoms with E-state index in [0.717, 1.165) is 10.6 Å². The number of hydrazine groups is 1. The van der Waals surface area contributed by atoms with Crippen molar-refractivity contribution in [3.05, 3.63) is 78.1 Å². The predicted molar refractivity (Wildman–Crippen MR) is 101 cm³/mol. The number of hydrogen-bond acceptors (Lipinski definition) is 5. The molecule has 6 nitrogen and oxygen atoms in total. The molecule has 144 valence electrons. The average Bonchev–Trinajstić information content (AvgIpc) is 2.93. The lowest BCUT2D eigenvalue weighted by Crippen LogP contribution is -2.55. The molecule has 0 spiro atoms. The minimum Gasteiger partial charge on any atom is -0.386 e. The smallest absolute Gasteiger partial charge is 0.249 e. The van der Waals surface area contributed by atoms with E-state index < -0.39 is 29.9 Å². The van der Waals surface area contributed by atoms with E-state index in [1.54, 1.807) is 17.2 Å². The molecule has 2 amide bonds. The van der Waals surface area contributed by atoms with Crippen molar-refractivity contribution in [1.29, 1.82) is 0 Å². The second-order valence-electron chi connectivity index (χ2n) is 6.96. The summed E-state index contributed by atoms with van der Waals surface area (Å²) in [6, 6.07) is 13.4. The number of aliphatic hydroxyl groups excluding tert-OH is 1. The largest absolute Gasteiger partial charge is 0.386 e. The number of para-hydroxylation sites is 1. The molecule has 28 heavy (non-hydrogen) atoms. The molecule has 7 heteroatoms. The number of aliphatic hydroxyl groups is 1. The van der Waals surface area contributed by atoms with Gasteiger partial charge in [-0.05, 0) is 29.8 Å². The third-order valence-corrected chi connectivity index (χ3v) is 5.24. The highest BCUT2D eigenvalue weighted by molar-refractivity contribution is 6.08. The normalized spacial score (nSPS) is 25.7. The van der Waals surface area contributed by atoms with Gasteiger partial charge in [0.05, 0.1) is 18.1 Å². The number of fused-ring (bicyclic) bond motifs is 1. The molecule has 0 saturated carbocycles. The third kappa shape index (κ3) is 3.08. The molecule has 0 aliphatic carbocycles. The number of rotatable bonds is 4. The first kappa shape index (κ1) is 18.3. The number of imide groups is 1. The molecule has 0 bridgehead atoms. The van der Waals surface area contributed by atoms with E-state index in [1.807, 2.05) is 30.3 Å². The lowest BCUT2D eigenvalue weighted by Gasteiger charge is -2.40.